The highest BCUT2D eigenvalue weighted by Gasteiger charge is 2.46. The number of hydrogen-bond donors (Lipinski definition) is 1. The fourth-order valence-electron chi connectivity index (χ4n) is 3.94. The van der Waals surface area contributed by atoms with Gasteiger partial charge in [0.2, 0.25) is 0 Å². The molecule has 1 amide bonds. The summed E-state index contributed by atoms with van der Waals surface area (Å²) in [4.78, 5) is 33.7. The molecule has 1 aromatic heterocycles. The van der Waals surface area contributed by atoms with Gasteiger partial charge in [-0.2, -0.15) is 0 Å². The number of anilines is 1. The number of Topliss-reactive ketones (excluding diaryl/α,β-unsaturated/α-hetero) is 1. The van der Waals surface area contributed by atoms with Crippen LogP contribution in [-0.4, -0.2) is 53.4 Å². The Morgan fingerprint density at radius 3 is 2.83 bits per heavy atom. The number of fused-ring (bicyclic) bond motifs is 1. The molecule has 1 fully saturated rings. The minimum Gasteiger partial charge on any atom is -0.507 e. The van der Waals surface area contributed by atoms with Gasteiger partial charge in [-0.05, 0) is 36.8 Å². The second-order valence-corrected chi connectivity index (χ2v) is 7.55. The van der Waals surface area contributed by atoms with Gasteiger partial charge in [-0.25, -0.2) is 0 Å². The average Bonchev–Trinajstić information content (AvgIpc) is 3.02. The Kier molecular flexibility index (Phi) is 5.44. The second-order valence-electron chi connectivity index (χ2n) is 7.55. The molecule has 1 aromatic carbocycles. The van der Waals surface area contributed by atoms with Crippen molar-refractivity contribution in [1.82, 2.24) is 9.88 Å². The van der Waals surface area contributed by atoms with Crippen LogP contribution in [0.25, 0.3) is 5.76 Å². The smallest absolute Gasteiger partial charge is 0.295 e. The van der Waals surface area contributed by atoms with Crippen LogP contribution in [0.1, 0.15) is 37.1 Å². The van der Waals surface area contributed by atoms with E-state index in [1.54, 1.807) is 36.5 Å². The molecule has 0 saturated carbocycles. The molecule has 0 bridgehead atoms. The topological polar surface area (TPSA) is 83.0 Å². The Balaban J connectivity index is 1.83. The normalized spacial score (nSPS) is 20.3. The van der Waals surface area contributed by atoms with Crippen molar-refractivity contribution in [2.45, 2.75) is 25.8 Å². The number of amides is 1. The maximum absolute atomic E-state index is 13.0. The van der Waals surface area contributed by atoms with E-state index in [1.807, 2.05) is 24.9 Å². The molecule has 30 heavy (non-hydrogen) atoms. The molecule has 0 radical (unpaired) electrons. The zero-order valence-corrected chi connectivity index (χ0v) is 17.2. The summed E-state index contributed by atoms with van der Waals surface area (Å²) in [5.74, 6) is -0.740. The zero-order valence-electron chi connectivity index (χ0n) is 17.2. The van der Waals surface area contributed by atoms with Crippen LogP contribution in [0.15, 0.2) is 48.2 Å². The maximum atomic E-state index is 13.0. The summed E-state index contributed by atoms with van der Waals surface area (Å²) < 4.78 is 5.67. The van der Waals surface area contributed by atoms with Crippen LogP contribution in [0, 0.1) is 0 Å². The molecule has 156 valence electrons. The summed E-state index contributed by atoms with van der Waals surface area (Å²) in [7, 11) is 1.95. The summed E-state index contributed by atoms with van der Waals surface area (Å²) in [5.41, 5.74) is 1.95. The van der Waals surface area contributed by atoms with E-state index in [0.717, 1.165) is 30.8 Å². The fraction of sp³-hybridized carbons (Fsp3) is 0.348. The molecular formula is C23H25N3O4. The van der Waals surface area contributed by atoms with Crippen molar-refractivity contribution in [2.24, 2.45) is 0 Å². The van der Waals surface area contributed by atoms with Gasteiger partial charge in [0.15, 0.2) is 0 Å². The number of ether oxygens (including phenoxy) is 1. The number of unbranched alkanes of at least 4 members (excludes halogenated alkanes) is 1. The fourth-order valence-corrected chi connectivity index (χ4v) is 3.94. The van der Waals surface area contributed by atoms with Crippen LogP contribution in [-0.2, 0) is 9.59 Å². The lowest BCUT2D eigenvalue weighted by Crippen LogP contribution is -2.31. The van der Waals surface area contributed by atoms with Crippen molar-refractivity contribution >= 4 is 23.1 Å². The minimum absolute atomic E-state index is 0.0779. The summed E-state index contributed by atoms with van der Waals surface area (Å²) in [5, 5.41) is 11.2. The number of ketones is 1. The molecular weight excluding hydrogens is 382 g/mol. The molecule has 7 heteroatoms. The first kappa shape index (κ1) is 19.9. The third-order valence-electron chi connectivity index (χ3n) is 5.59. The predicted molar refractivity (Wildman–Crippen MR) is 113 cm³/mol. The number of carbonyl (C=O) groups excluding carboxylic acids is 2. The number of hydrogen-bond acceptors (Lipinski definition) is 6. The van der Waals surface area contributed by atoms with Crippen molar-refractivity contribution in [3.8, 4) is 5.75 Å². The van der Waals surface area contributed by atoms with Gasteiger partial charge in [-0.1, -0.05) is 19.4 Å². The first-order chi connectivity index (χ1) is 14.5. The van der Waals surface area contributed by atoms with Gasteiger partial charge < -0.3 is 19.6 Å². The number of aliphatic hydroxyl groups is 1. The van der Waals surface area contributed by atoms with E-state index in [2.05, 4.69) is 4.98 Å². The molecule has 4 rings (SSSR count). The lowest BCUT2D eigenvalue weighted by Gasteiger charge is -2.28. The number of pyridine rings is 1. The molecule has 3 heterocycles. The Morgan fingerprint density at radius 1 is 1.27 bits per heavy atom. The summed E-state index contributed by atoms with van der Waals surface area (Å²) in [6.45, 7) is 3.78. The molecule has 2 aliphatic heterocycles. The van der Waals surface area contributed by atoms with Crippen molar-refractivity contribution in [3.05, 3.63) is 59.4 Å². The van der Waals surface area contributed by atoms with Gasteiger partial charge in [0, 0.05) is 25.4 Å². The van der Waals surface area contributed by atoms with E-state index >= 15 is 0 Å². The van der Waals surface area contributed by atoms with Crippen LogP contribution in [0.3, 0.4) is 0 Å². The van der Waals surface area contributed by atoms with Crippen molar-refractivity contribution in [1.29, 1.82) is 0 Å². The van der Waals surface area contributed by atoms with E-state index in [1.165, 1.54) is 4.90 Å². The first-order valence-electron chi connectivity index (χ1n) is 10.2. The predicted octanol–water partition coefficient (Wildman–Crippen LogP) is 3.13. The Morgan fingerprint density at radius 2 is 2.10 bits per heavy atom. The number of aromatic nitrogens is 1. The maximum Gasteiger partial charge on any atom is 0.295 e. The second kappa shape index (κ2) is 8.18. The van der Waals surface area contributed by atoms with Crippen LogP contribution in [0.5, 0.6) is 5.75 Å². The lowest BCUT2D eigenvalue weighted by molar-refractivity contribution is -0.140. The SMILES string of the molecule is CCCCN1C(=O)C(=O)/C(=C(\O)c2ccc3c(c2)N(C)CCO3)C1c1ccccn1. The van der Waals surface area contributed by atoms with E-state index in [-0.39, 0.29) is 11.3 Å². The number of benzene rings is 1. The third kappa shape index (κ3) is 3.40. The Hall–Kier alpha value is -3.35. The van der Waals surface area contributed by atoms with Crippen molar-refractivity contribution in [2.75, 3.05) is 31.6 Å². The van der Waals surface area contributed by atoms with Crippen LogP contribution in [0.2, 0.25) is 0 Å². The van der Waals surface area contributed by atoms with Gasteiger partial charge in [0.05, 0.1) is 23.5 Å². The van der Waals surface area contributed by atoms with E-state index in [4.69, 9.17) is 4.74 Å². The summed E-state index contributed by atoms with van der Waals surface area (Å²) >= 11 is 0. The number of carbonyl (C=O) groups is 2. The first-order valence-corrected chi connectivity index (χ1v) is 10.2. The molecule has 0 spiro atoms. The zero-order chi connectivity index (χ0) is 21.3. The number of likely N-dealkylation sites (N-methyl/N-ethyl adjacent to an activating group) is 1. The van der Waals surface area contributed by atoms with Crippen LogP contribution in [0.4, 0.5) is 5.69 Å². The molecule has 1 N–H and O–H groups in total. The highest BCUT2D eigenvalue weighted by Crippen LogP contribution is 2.40. The highest BCUT2D eigenvalue weighted by atomic mass is 16.5. The molecule has 7 nitrogen and oxygen atoms in total. The van der Waals surface area contributed by atoms with Crippen molar-refractivity contribution in [3.63, 3.8) is 0 Å². The summed E-state index contributed by atoms with van der Waals surface area (Å²) in [6, 6.07) is 9.94. The molecule has 1 atom stereocenters. The molecule has 1 saturated heterocycles. The summed E-state index contributed by atoms with van der Waals surface area (Å²) in [6.07, 6.45) is 3.27. The lowest BCUT2D eigenvalue weighted by atomic mass is 9.97. The quantitative estimate of drug-likeness (QED) is 0.466. The molecule has 0 aliphatic carbocycles. The van der Waals surface area contributed by atoms with E-state index in [9.17, 15) is 14.7 Å². The minimum atomic E-state index is -0.706. The molecule has 2 aromatic rings. The number of aliphatic hydroxyl groups excluding tert-OH is 1. The van der Waals surface area contributed by atoms with E-state index < -0.39 is 17.7 Å². The van der Waals surface area contributed by atoms with E-state index in [0.29, 0.717) is 24.4 Å². The number of likely N-dealkylation sites (tertiary alicyclic amines) is 1. The third-order valence-corrected chi connectivity index (χ3v) is 5.59. The molecule has 1 unspecified atom stereocenters. The van der Waals surface area contributed by atoms with Gasteiger partial charge in [-0.15, -0.1) is 0 Å². The van der Waals surface area contributed by atoms with Crippen LogP contribution >= 0.6 is 0 Å². The van der Waals surface area contributed by atoms with Crippen molar-refractivity contribution < 1.29 is 19.4 Å². The van der Waals surface area contributed by atoms with Gasteiger partial charge in [0.1, 0.15) is 24.2 Å². The van der Waals surface area contributed by atoms with Gasteiger partial charge in [-0.3, -0.25) is 14.6 Å². The Bertz CT molecular complexity index is 1000. The Labute approximate surface area is 175 Å². The number of nitrogens with zero attached hydrogens (tertiary/aromatic N) is 3. The highest BCUT2D eigenvalue weighted by molar-refractivity contribution is 6.46. The monoisotopic (exact) mass is 407 g/mol. The largest absolute Gasteiger partial charge is 0.507 e. The van der Waals surface area contributed by atoms with Gasteiger partial charge >= 0.3 is 0 Å². The van der Waals surface area contributed by atoms with Crippen LogP contribution < -0.4 is 9.64 Å². The standard InChI is InChI=1S/C23H25N3O4/c1-3-4-11-26-20(16-7-5-6-10-24-16)19(22(28)23(26)29)21(27)15-8-9-18-17(14-15)25(2)12-13-30-18/h5-10,14,20,27H,3-4,11-13H2,1-2H3/b21-19-. The average molecular weight is 407 g/mol. The number of rotatable bonds is 5. The molecule has 2 aliphatic rings. The van der Waals surface area contributed by atoms with Gasteiger partial charge in [0.25, 0.3) is 11.7 Å².